The van der Waals surface area contributed by atoms with Crippen molar-refractivity contribution >= 4 is 23.3 Å². The molecule has 22 heavy (non-hydrogen) atoms. The number of nitrogens with zero attached hydrogens (tertiary/aromatic N) is 3. The van der Waals surface area contributed by atoms with Gasteiger partial charge in [-0.3, -0.25) is 4.98 Å². The van der Waals surface area contributed by atoms with Gasteiger partial charge in [0.15, 0.2) is 0 Å². The van der Waals surface area contributed by atoms with Crippen LogP contribution in [0.25, 0.3) is 0 Å². The van der Waals surface area contributed by atoms with Gasteiger partial charge >= 0.3 is 6.03 Å². The SMILES string of the molecule is N#CCCN(Cc1ccccn1)C(=O)Nc1ccccc1Cl. The molecule has 0 fully saturated rings. The summed E-state index contributed by atoms with van der Waals surface area (Å²) in [6.45, 7) is 0.655. The molecule has 0 aliphatic heterocycles. The number of carbonyl (C=O) groups is 1. The molecule has 2 amide bonds. The van der Waals surface area contributed by atoms with Crippen LogP contribution < -0.4 is 5.32 Å². The summed E-state index contributed by atoms with van der Waals surface area (Å²) in [7, 11) is 0. The van der Waals surface area contributed by atoms with Crippen molar-refractivity contribution in [2.75, 3.05) is 11.9 Å². The third-order valence-electron chi connectivity index (χ3n) is 2.98. The van der Waals surface area contributed by atoms with Gasteiger partial charge in [-0.25, -0.2) is 4.79 Å². The monoisotopic (exact) mass is 314 g/mol. The number of aromatic nitrogens is 1. The van der Waals surface area contributed by atoms with Crippen LogP contribution in [0.2, 0.25) is 5.02 Å². The first-order chi connectivity index (χ1) is 10.7. The number of hydrogen-bond acceptors (Lipinski definition) is 3. The van der Waals surface area contributed by atoms with Gasteiger partial charge in [0.05, 0.1) is 35.4 Å². The normalized spacial score (nSPS) is 9.82. The predicted molar refractivity (Wildman–Crippen MR) is 85.3 cm³/mol. The van der Waals surface area contributed by atoms with E-state index < -0.39 is 0 Å². The summed E-state index contributed by atoms with van der Waals surface area (Å²) in [5.41, 5.74) is 1.30. The summed E-state index contributed by atoms with van der Waals surface area (Å²) in [6, 6.07) is 14.3. The van der Waals surface area contributed by atoms with E-state index in [2.05, 4.69) is 10.3 Å². The molecule has 1 heterocycles. The average Bonchev–Trinajstić information content (AvgIpc) is 2.54. The predicted octanol–water partition coefficient (Wildman–Crippen LogP) is 3.68. The Morgan fingerprint density at radius 2 is 2.05 bits per heavy atom. The zero-order valence-electron chi connectivity index (χ0n) is 11.9. The van der Waals surface area contributed by atoms with Crippen molar-refractivity contribution < 1.29 is 4.79 Å². The molecule has 0 atom stereocenters. The van der Waals surface area contributed by atoms with E-state index in [0.29, 0.717) is 23.8 Å². The lowest BCUT2D eigenvalue weighted by Gasteiger charge is -2.22. The zero-order valence-corrected chi connectivity index (χ0v) is 12.6. The van der Waals surface area contributed by atoms with Gasteiger partial charge in [-0.05, 0) is 24.3 Å². The molecule has 1 N–H and O–H groups in total. The number of anilines is 1. The third kappa shape index (κ3) is 4.47. The molecule has 0 radical (unpaired) electrons. The van der Waals surface area contributed by atoms with E-state index in [4.69, 9.17) is 16.9 Å². The highest BCUT2D eigenvalue weighted by atomic mass is 35.5. The number of pyridine rings is 1. The fourth-order valence-electron chi connectivity index (χ4n) is 1.88. The van der Waals surface area contributed by atoms with Gasteiger partial charge in [0.25, 0.3) is 0 Å². The third-order valence-corrected chi connectivity index (χ3v) is 3.30. The molecule has 1 aromatic heterocycles. The van der Waals surface area contributed by atoms with Gasteiger partial charge in [0, 0.05) is 12.7 Å². The number of para-hydroxylation sites is 1. The lowest BCUT2D eigenvalue weighted by Crippen LogP contribution is -2.35. The minimum Gasteiger partial charge on any atom is -0.318 e. The second kappa shape index (κ2) is 8.01. The number of carbonyl (C=O) groups excluding carboxylic acids is 1. The average molecular weight is 315 g/mol. The van der Waals surface area contributed by atoms with E-state index in [-0.39, 0.29) is 12.5 Å². The van der Waals surface area contributed by atoms with Crippen molar-refractivity contribution in [1.82, 2.24) is 9.88 Å². The number of urea groups is 1. The van der Waals surface area contributed by atoms with Crippen molar-refractivity contribution in [3.63, 3.8) is 0 Å². The molecular weight excluding hydrogens is 300 g/mol. The van der Waals surface area contributed by atoms with Crippen LogP contribution in [0.4, 0.5) is 10.5 Å². The van der Waals surface area contributed by atoms with Crippen LogP contribution in [0.15, 0.2) is 48.7 Å². The van der Waals surface area contributed by atoms with Crippen molar-refractivity contribution in [2.24, 2.45) is 0 Å². The van der Waals surface area contributed by atoms with Crippen molar-refractivity contribution in [3.05, 3.63) is 59.4 Å². The molecule has 0 saturated carbocycles. The quantitative estimate of drug-likeness (QED) is 0.915. The molecule has 0 bridgehead atoms. The molecule has 1 aromatic carbocycles. The molecule has 2 rings (SSSR count). The van der Waals surface area contributed by atoms with Crippen LogP contribution in [0, 0.1) is 11.3 Å². The summed E-state index contributed by atoms with van der Waals surface area (Å²) < 4.78 is 0. The maximum atomic E-state index is 12.4. The first-order valence-electron chi connectivity index (χ1n) is 6.78. The molecule has 5 nitrogen and oxygen atoms in total. The Hall–Kier alpha value is -2.58. The van der Waals surface area contributed by atoms with Crippen LogP contribution in [0.3, 0.4) is 0 Å². The van der Waals surface area contributed by atoms with Crippen LogP contribution in [-0.2, 0) is 6.54 Å². The Balaban J connectivity index is 2.09. The van der Waals surface area contributed by atoms with Crippen LogP contribution in [0.5, 0.6) is 0 Å². The molecule has 2 aromatic rings. The number of nitriles is 1. The molecule has 6 heteroatoms. The van der Waals surface area contributed by atoms with Gasteiger partial charge in [0.1, 0.15) is 0 Å². The summed E-state index contributed by atoms with van der Waals surface area (Å²) in [6.07, 6.45) is 1.92. The minimum absolute atomic E-state index is 0.253. The fraction of sp³-hybridized carbons (Fsp3) is 0.188. The Labute approximate surface area is 134 Å². The highest BCUT2D eigenvalue weighted by Gasteiger charge is 2.15. The van der Waals surface area contributed by atoms with Gasteiger partial charge in [-0.1, -0.05) is 29.8 Å². The maximum absolute atomic E-state index is 12.4. The van der Waals surface area contributed by atoms with Gasteiger partial charge < -0.3 is 10.2 Å². The number of benzene rings is 1. The van der Waals surface area contributed by atoms with E-state index in [1.807, 2.05) is 24.3 Å². The lowest BCUT2D eigenvalue weighted by atomic mass is 10.3. The number of amides is 2. The Bertz CT molecular complexity index is 669. The second-order valence-corrected chi connectivity index (χ2v) is 4.97. The summed E-state index contributed by atoms with van der Waals surface area (Å²) >= 11 is 6.04. The fourth-order valence-corrected chi connectivity index (χ4v) is 2.06. The minimum atomic E-state index is -0.311. The highest BCUT2D eigenvalue weighted by Crippen LogP contribution is 2.21. The van der Waals surface area contributed by atoms with Crippen LogP contribution >= 0.6 is 11.6 Å². The van der Waals surface area contributed by atoms with Gasteiger partial charge in [-0.2, -0.15) is 5.26 Å². The van der Waals surface area contributed by atoms with Gasteiger partial charge in [0.2, 0.25) is 0 Å². The number of hydrogen-bond donors (Lipinski definition) is 1. The number of rotatable bonds is 5. The summed E-state index contributed by atoms with van der Waals surface area (Å²) in [4.78, 5) is 18.1. The maximum Gasteiger partial charge on any atom is 0.322 e. The van der Waals surface area contributed by atoms with Crippen LogP contribution in [0.1, 0.15) is 12.1 Å². The van der Waals surface area contributed by atoms with E-state index in [1.54, 1.807) is 30.5 Å². The smallest absolute Gasteiger partial charge is 0.318 e. The van der Waals surface area contributed by atoms with Gasteiger partial charge in [-0.15, -0.1) is 0 Å². The van der Waals surface area contributed by atoms with E-state index >= 15 is 0 Å². The molecule has 0 unspecified atom stereocenters. The molecule has 0 aliphatic rings. The van der Waals surface area contributed by atoms with E-state index in [1.165, 1.54) is 4.90 Å². The Kier molecular flexibility index (Phi) is 5.75. The first kappa shape index (κ1) is 15.8. The first-order valence-corrected chi connectivity index (χ1v) is 7.16. The molecular formula is C16H15ClN4O. The second-order valence-electron chi connectivity index (χ2n) is 4.56. The summed E-state index contributed by atoms with van der Waals surface area (Å²) in [5, 5.41) is 12.0. The molecule has 0 saturated heterocycles. The van der Waals surface area contributed by atoms with Crippen molar-refractivity contribution in [3.8, 4) is 6.07 Å². The topological polar surface area (TPSA) is 69.0 Å². The largest absolute Gasteiger partial charge is 0.322 e. The van der Waals surface area contributed by atoms with Crippen LogP contribution in [-0.4, -0.2) is 22.5 Å². The van der Waals surface area contributed by atoms with Crippen molar-refractivity contribution in [1.29, 1.82) is 5.26 Å². The molecule has 112 valence electrons. The van der Waals surface area contributed by atoms with E-state index in [9.17, 15) is 4.79 Å². The molecule has 0 spiro atoms. The number of nitrogens with one attached hydrogen (secondary N) is 1. The van der Waals surface area contributed by atoms with E-state index in [0.717, 1.165) is 5.69 Å². The highest BCUT2D eigenvalue weighted by molar-refractivity contribution is 6.33. The van der Waals surface area contributed by atoms with Crippen molar-refractivity contribution in [2.45, 2.75) is 13.0 Å². The Morgan fingerprint density at radius 1 is 1.27 bits per heavy atom. The summed E-state index contributed by atoms with van der Waals surface area (Å²) in [5.74, 6) is 0. The standard InChI is InChI=1S/C16H15ClN4O/c17-14-7-1-2-8-15(14)20-16(22)21(11-5-9-18)12-13-6-3-4-10-19-13/h1-4,6-8,10H,5,11-12H2,(H,20,22). The Morgan fingerprint density at radius 3 is 2.73 bits per heavy atom. The lowest BCUT2D eigenvalue weighted by molar-refractivity contribution is 0.209. The zero-order chi connectivity index (χ0) is 15.8. The molecule has 0 aliphatic carbocycles. The number of halogens is 1.